The lowest BCUT2D eigenvalue weighted by Crippen LogP contribution is -2.15. The van der Waals surface area contributed by atoms with E-state index in [2.05, 4.69) is 33.0 Å². The summed E-state index contributed by atoms with van der Waals surface area (Å²) in [6, 6.07) is 18.2. The van der Waals surface area contributed by atoms with Gasteiger partial charge in [0.1, 0.15) is 5.75 Å². The molecule has 0 fully saturated rings. The highest BCUT2D eigenvalue weighted by molar-refractivity contribution is 7.99. The lowest BCUT2D eigenvalue weighted by Gasteiger charge is -2.11. The molecule has 0 atom stereocenters. The first-order valence-electron chi connectivity index (χ1n) is 9.15. The van der Waals surface area contributed by atoms with Gasteiger partial charge in [-0.2, -0.15) is 4.68 Å². The number of tetrazole rings is 1. The van der Waals surface area contributed by atoms with E-state index in [1.54, 1.807) is 16.4 Å². The van der Waals surface area contributed by atoms with Crippen molar-refractivity contribution in [1.29, 1.82) is 0 Å². The minimum absolute atomic E-state index is 0.192. The molecule has 0 unspecified atom stereocenters. The summed E-state index contributed by atoms with van der Waals surface area (Å²) in [4.78, 5) is 0. The van der Waals surface area contributed by atoms with E-state index in [9.17, 15) is 0 Å². The zero-order chi connectivity index (χ0) is 18.9. The highest BCUT2D eigenvalue weighted by atomic mass is 32.2. The second-order valence-corrected chi connectivity index (χ2v) is 7.46. The standard InChI is InChI=1S/C20H25N5OS/c1-16(2)26-19-11-6-8-17(14-19)15-21-12-7-13-27-20-22-23-24-25(20)18-9-4-3-5-10-18/h3-6,8-11,14,16,21H,7,12-13,15H2,1-2H3. The molecule has 0 spiro atoms. The third kappa shape index (κ3) is 6.08. The predicted molar refractivity (Wildman–Crippen MR) is 108 cm³/mol. The van der Waals surface area contributed by atoms with Crippen molar-refractivity contribution < 1.29 is 4.74 Å². The van der Waals surface area contributed by atoms with Crippen molar-refractivity contribution in [1.82, 2.24) is 25.5 Å². The molecule has 0 aliphatic rings. The minimum Gasteiger partial charge on any atom is -0.491 e. The van der Waals surface area contributed by atoms with Gasteiger partial charge in [-0.3, -0.25) is 0 Å². The van der Waals surface area contributed by atoms with E-state index in [-0.39, 0.29) is 6.10 Å². The molecule has 7 heteroatoms. The molecule has 0 bridgehead atoms. The van der Waals surface area contributed by atoms with Crippen LogP contribution >= 0.6 is 11.8 Å². The van der Waals surface area contributed by atoms with Gasteiger partial charge in [0.25, 0.3) is 0 Å². The van der Waals surface area contributed by atoms with Crippen molar-refractivity contribution in [2.24, 2.45) is 0 Å². The fourth-order valence-electron chi connectivity index (χ4n) is 2.59. The molecular weight excluding hydrogens is 358 g/mol. The summed E-state index contributed by atoms with van der Waals surface area (Å²) in [5.74, 6) is 1.88. The Morgan fingerprint density at radius 2 is 1.96 bits per heavy atom. The highest BCUT2D eigenvalue weighted by Crippen LogP contribution is 2.18. The van der Waals surface area contributed by atoms with Crippen LogP contribution in [0.3, 0.4) is 0 Å². The average Bonchev–Trinajstić information content (AvgIpc) is 3.13. The average molecular weight is 384 g/mol. The van der Waals surface area contributed by atoms with Crippen LogP contribution < -0.4 is 10.1 Å². The largest absolute Gasteiger partial charge is 0.491 e. The van der Waals surface area contributed by atoms with Gasteiger partial charge in [0, 0.05) is 12.3 Å². The van der Waals surface area contributed by atoms with Gasteiger partial charge < -0.3 is 10.1 Å². The van der Waals surface area contributed by atoms with Crippen LogP contribution in [0.2, 0.25) is 0 Å². The first-order chi connectivity index (χ1) is 13.2. The van der Waals surface area contributed by atoms with E-state index in [0.29, 0.717) is 0 Å². The van der Waals surface area contributed by atoms with Crippen LogP contribution in [-0.2, 0) is 6.54 Å². The second-order valence-electron chi connectivity index (χ2n) is 6.40. The Labute approximate surface area is 164 Å². The van der Waals surface area contributed by atoms with Gasteiger partial charge >= 0.3 is 0 Å². The Balaban J connectivity index is 1.39. The molecule has 6 nitrogen and oxygen atoms in total. The number of hydrogen-bond acceptors (Lipinski definition) is 6. The van der Waals surface area contributed by atoms with E-state index in [1.165, 1.54) is 5.56 Å². The van der Waals surface area contributed by atoms with Gasteiger partial charge in [-0.1, -0.05) is 42.1 Å². The third-order valence-electron chi connectivity index (χ3n) is 3.77. The molecule has 3 aromatic rings. The predicted octanol–water partition coefficient (Wildman–Crippen LogP) is 3.72. The van der Waals surface area contributed by atoms with Crippen LogP contribution in [0.4, 0.5) is 0 Å². The summed E-state index contributed by atoms with van der Waals surface area (Å²) < 4.78 is 7.51. The second kappa shape index (κ2) is 10.1. The maximum atomic E-state index is 5.74. The molecule has 142 valence electrons. The number of para-hydroxylation sites is 1. The lowest BCUT2D eigenvalue weighted by atomic mass is 10.2. The number of thioether (sulfide) groups is 1. The quantitative estimate of drug-likeness (QED) is 0.425. The van der Waals surface area contributed by atoms with Crippen LogP contribution in [0.5, 0.6) is 5.75 Å². The van der Waals surface area contributed by atoms with Crippen molar-refractivity contribution in [3.8, 4) is 11.4 Å². The Morgan fingerprint density at radius 1 is 1.11 bits per heavy atom. The maximum Gasteiger partial charge on any atom is 0.214 e. The van der Waals surface area contributed by atoms with Crippen molar-refractivity contribution >= 4 is 11.8 Å². The number of benzene rings is 2. The van der Waals surface area contributed by atoms with E-state index >= 15 is 0 Å². The summed E-state index contributed by atoms with van der Waals surface area (Å²) in [7, 11) is 0. The molecule has 2 aromatic carbocycles. The molecule has 3 rings (SSSR count). The van der Waals surface area contributed by atoms with E-state index in [1.807, 2.05) is 56.3 Å². The van der Waals surface area contributed by atoms with E-state index in [0.717, 1.165) is 41.9 Å². The zero-order valence-corrected chi connectivity index (χ0v) is 16.5. The van der Waals surface area contributed by atoms with Gasteiger partial charge in [-0.15, -0.1) is 5.10 Å². The number of rotatable bonds is 10. The van der Waals surface area contributed by atoms with Crippen LogP contribution in [0, 0.1) is 0 Å². The van der Waals surface area contributed by atoms with Crippen LogP contribution in [0.1, 0.15) is 25.8 Å². The monoisotopic (exact) mass is 383 g/mol. The van der Waals surface area contributed by atoms with Crippen molar-refractivity contribution in [3.05, 3.63) is 60.2 Å². The van der Waals surface area contributed by atoms with Crippen LogP contribution in [0.25, 0.3) is 5.69 Å². The summed E-state index contributed by atoms with van der Waals surface area (Å²) >= 11 is 1.67. The zero-order valence-electron chi connectivity index (χ0n) is 15.7. The van der Waals surface area contributed by atoms with Crippen molar-refractivity contribution in [2.75, 3.05) is 12.3 Å². The number of nitrogens with one attached hydrogen (secondary N) is 1. The number of hydrogen-bond donors (Lipinski definition) is 1. The highest BCUT2D eigenvalue weighted by Gasteiger charge is 2.08. The van der Waals surface area contributed by atoms with Gasteiger partial charge in [-0.05, 0) is 67.1 Å². The maximum absolute atomic E-state index is 5.74. The van der Waals surface area contributed by atoms with Gasteiger partial charge in [0.05, 0.1) is 11.8 Å². The topological polar surface area (TPSA) is 64.9 Å². The molecule has 0 aliphatic heterocycles. The Bertz CT molecular complexity index is 822. The molecule has 0 aliphatic carbocycles. The smallest absolute Gasteiger partial charge is 0.214 e. The fourth-order valence-corrected chi connectivity index (χ4v) is 3.42. The summed E-state index contributed by atoms with van der Waals surface area (Å²) in [6.45, 7) is 5.85. The minimum atomic E-state index is 0.192. The molecule has 27 heavy (non-hydrogen) atoms. The first kappa shape index (κ1) is 19.4. The van der Waals surface area contributed by atoms with Crippen molar-refractivity contribution in [3.63, 3.8) is 0 Å². The summed E-state index contributed by atoms with van der Waals surface area (Å²) in [6.07, 6.45) is 1.23. The summed E-state index contributed by atoms with van der Waals surface area (Å²) in [5.41, 5.74) is 2.21. The molecule has 1 aromatic heterocycles. The Morgan fingerprint density at radius 3 is 2.78 bits per heavy atom. The number of nitrogens with zero attached hydrogens (tertiary/aromatic N) is 4. The van der Waals surface area contributed by atoms with Gasteiger partial charge in [0.2, 0.25) is 5.16 Å². The molecule has 0 saturated heterocycles. The van der Waals surface area contributed by atoms with Gasteiger partial charge in [0.15, 0.2) is 0 Å². The Hall–Kier alpha value is -2.38. The lowest BCUT2D eigenvalue weighted by molar-refractivity contribution is 0.242. The number of aromatic nitrogens is 4. The number of ether oxygens (including phenoxy) is 1. The molecule has 0 amide bonds. The fraction of sp³-hybridized carbons (Fsp3) is 0.350. The molecule has 0 saturated carbocycles. The molecule has 1 heterocycles. The first-order valence-corrected chi connectivity index (χ1v) is 10.1. The molecule has 1 N–H and O–H groups in total. The van der Waals surface area contributed by atoms with Crippen molar-refractivity contribution in [2.45, 2.75) is 38.1 Å². The Kier molecular flexibility index (Phi) is 7.24. The molecule has 0 radical (unpaired) electrons. The van der Waals surface area contributed by atoms with Gasteiger partial charge in [-0.25, -0.2) is 0 Å². The third-order valence-corrected chi connectivity index (χ3v) is 4.78. The van der Waals surface area contributed by atoms with Crippen LogP contribution in [-0.4, -0.2) is 38.6 Å². The molecular formula is C20H25N5OS. The summed E-state index contributed by atoms with van der Waals surface area (Å²) in [5, 5.41) is 16.3. The van der Waals surface area contributed by atoms with E-state index in [4.69, 9.17) is 4.74 Å². The normalized spacial score (nSPS) is 11.1. The SMILES string of the molecule is CC(C)Oc1cccc(CNCCCSc2nnnn2-c2ccccc2)c1. The van der Waals surface area contributed by atoms with Crippen LogP contribution in [0.15, 0.2) is 59.8 Å². The van der Waals surface area contributed by atoms with E-state index < -0.39 is 0 Å².